The van der Waals surface area contributed by atoms with Crippen LogP contribution in [0.1, 0.15) is 22.8 Å². The first kappa shape index (κ1) is 16.2. The molecule has 0 N–H and O–H groups in total. The van der Waals surface area contributed by atoms with Crippen LogP contribution in [-0.2, 0) is 16.5 Å². The van der Waals surface area contributed by atoms with Crippen molar-refractivity contribution in [3.63, 3.8) is 0 Å². The summed E-state index contributed by atoms with van der Waals surface area (Å²) >= 11 is 5.85. The number of hydrogen-bond acceptors (Lipinski definition) is 1. The van der Waals surface area contributed by atoms with Crippen LogP contribution < -0.4 is 0 Å². The van der Waals surface area contributed by atoms with E-state index in [4.69, 9.17) is 16.3 Å². The molecule has 1 saturated heterocycles. The second-order valence-electron chi connectivity index (χ2n) is 5.23. The molecule has 3 rings (SSSR count). The molecule has 1 nitrogen and oxygen atoms in total. The summed E-state index contributed by atoms with van der Waals surface area (Å²) in [5.74, 6) is -1.95. The van der Waals surface area contributed by atoms with Gasteiger partial charge >= 0.3 is 6.18 Å². The molecular formula is C16H10ClF5O. The number of halogens is 6. The number of rotatable bonds is 3. The molecule has 2 aromatic carbocycles. The first-order valence-corrected chi connectivity index (χ1v) is 7.18. The molecule has 1 aliphatic rings. The second-order valence-corrected chi connectivity index (χ2v) is 5.50. The topological polar surface area (TPSA) is 12.5 Å². The molecule has 2 aromatic rings. The van der Waals surface area contributed by atoms with Crippen LogP contribution in [0.15, 0.2) is 42.5 Å². The number of hydrogen-bond donors (Lipinski definition) is 0. The zero-order chi connectivity index (χ0) is 16.8. The minimum absolute atomic E-state index is 0.0594. The molecular weight excluding hydrogens is 339 g/mol. The van der Waals surface area contributed by atoms with Gasteiger partial charge < -0.3 is 4.74 Å². The van der Waals surface area contributed by atoms with Crippen molar-refractivity contribution in [3.05, 3.63) is 70.8 Å². The average molecular weight is 349 g/mol. The van der Waals surface area contributed by atoms with Crippen molar-refractivity contribution in [3.8, 4) is 0 Å². The minimum Gasteiger partial charge on any atom is -0.354 e. The van der Waals surface area contributed by atoms with E-state index < -0.39 is 35.1 Å². The quantitative estimate of drug-likeness (QED) is 0.422. The summed E-state index contributed by atoms with van der Waals surface area (Å²) in [5.41, 5.74) is -2.47. The van der Waals surface area contributed by atoms with Crippen molar-refractivity contribution in [2.75, 3.05) is 5.88 Å². The summed E-state index contributed by atoms with van der Waals surface area (Å²) in [7, 11) is 0. The molecule has 1 fully saturated rings. The van der Waals surface area contributed by atoms with Crippen LogP contribution in [0.4, 0.5) is 22.0 Å². The Hall–Kier alpha value is -1.66. The standard InChI is InChI=1S/C16H10ClF5O/c17-8-15(12-6-5-9(18)7-13(12)19)14(23-15)10-3-1-2-4-11(10)16(20,21)22/h1-7,14H,8H2. The van der Waals surface area contributed by atoms with Gasteiger partial charge in [0, 0.05) is 11.6 Å². The molecule has 0 radical (unpaired) electrons. The average Bonchev–Trinajstić information content (AvgIpc) is 3.22. The predicted molar refractivity (Wildman–Crippen MR) is 74.0 cm³/mol. The third kappa shape index (κ3) is 2.70. The summed E-state index contributed by atoms with van der Waals surface area (Å²) in [5, 5.41) is 0. The van der Waals surface area contributed by atoms with Gasteiger partial charge in [0.15, 0.2) is 0 Å². The lowest BCUT2D eigenvalue weighted by atomic mass is 9.90. The largest absolute Gasteiger partial charge is 0.416 e. The molecule has 1 aliphatic heterocycles. The van der Waals surface area contributed by atoms with Crippen molar-refractivity contribution in [1.82, 2.24) is 0 Å². The molecule has 23 heavy (non-hydrogen) atoms. The first-order valence-electron chi connectivity index (χ1n) is 6.65. The molecule has 0 bridgehead atoms. The Labute approximate surface area is 133 Å². The molecule has 0 aromatic heterocycles. The number of alkyl halides is 4. The fraction of sp³-hybridized carbons (Fsp3) is 0.250. The van der Waals surface area contributed by atoms with E-state index in [1.54, 1.807) is 0 Å². The van der Waals surface area contributed by atoms with E-state index in [9.17, 15) is 22.0 Å². The van der Waals surface area contributed by atoms with E-state index in [-0.39, 0.29) is 17.0 Å². The highest BCUT2D eigenvalue weighted by Crippen LogP contribution is 2.59. The highest BCUT2D eigenvalue weighted by Gasteiger charge is 2.60. The molecule has 2 atom stereocenters. The smallest absolute Gasteiger partial charge is 0.354 e. The van der Waals surface area contributed by atoms with E-state index >= 15 is 0 Å². The lowest BCUT2D eigenvalue weighted by molar-refractivity contribution is -0.138. The summed E-state index contributed by atoms with van der Waals surface area (Å²) in [6.07, 6.45) is -5.61. The van der Waals surface area contributed by atoms with Crippen LogP contribution in [0, 0.1) is 11.6 Å². The fourth-order valence-electron chi connectivity index (χ4n) is 2.69. The fourth-order valence-corrected chi connectivity index (χ4v) is 3.03. The minimum atomic E-state index is -4.57. The third-order valence-electron chi connectivity index (χ3n) is 3.83. The van der Waals surface area contributed by atoms with E-state index in [1.165, 1.54) is 18.2 Å². The monoisotopic (exact) mass is 348 g/mol. The molecule has 0 saturated carbocycles. The highest BCUT2D eigenvalue weighted by atomic mass is 35.5. The maximum atomic E-state index is 14.0. The van der Waals surface area contributed by atoms with Gasteiger partial charge in [0.2, 0.25) is 0 Å². The van der Waals surface area contributed by atoms with Gasteiger partial charge in [-0.25, -0.2) is 8.78 Å². The van der Waals surface area contributed by atoms with Gasteiger partial charge in [0.25, 0.3) is 0 Å². The van der Waals surface area contributed by atoms with Crippen LogP contribution in [-0.4, -0.2) is 5.88 Å². The van der Waals surface area contributed by atoms with E-state index in [0.717, 1.165) is 18.2 Å². The van der Waals surface area contributed by atoms with Gasteiger partial charge in [-0.1, -0.05) is 24.3 Å². The van der Waals surface area contributed by atoms with Gasteiger partial charge in [-0.3, -0.25) is 0 Å². The number of ether oxygens (including phenoxy) is 1. The van der Waals surface area contributed by atoms with E-state index in [1.807, 2.05) is 0 Å². The molecule has 122 valence electrons. The summed E-state index contributed by atoms with van der Waals surface area (Å²) in [4.78, 5) is 0. The summed E-state index contributed by atoms with van der Waals surface area (Å²) < 4.78 is 71.8. The van der Waals surface area contributed by atoms with Gasteiger partial charge in [-0.2, -0.15) is 13.2 Å². The Bertz CT molecular complexity index is 745. The summed E-state index contributed by atoms with van der Waals surface area (Å²) in [6.45, 7) is 0. The molecule has 7 heteroatoms. The van der Waals surface area contributed by atoms with Crippen molar-refractivity contribution in [2.24, 2.45) is 0 Å². The maximum absolute atomic E-state index is 14.0. The Morgan fingerprint density at radius 2 is 1.78 bits per heavy atom. The lowest BCUT2D eigenvalue weighted by Gasteiger charge is -2.14. The van der Waals surface area contributed by atoms with Gasteiger partial charge in [0.1, 0.15) is 23.3 Å². The predicted octanol–water partition coefficient (Wildman–Crippen LogP) is 5.19. The second kappa shape index (κ2) is 5.46. The Morgan fingerprint density at radius 3 is 2.39 bits per heavy atom. The van der Waals surface area contributed by atoms with Crippen LogP contribution >= 0.6 is 11.6 Å². The summed E-state index contributed by atoms with van der Waals surface area (Å²) in [6, 6.07) is 7.70. The van der Waals surface area contributed by atoms with Crippen LogP contribution in [0.2, 0.25) is 0 Å². The van der Waals surface area contributed by atoms with E-state index in [0.29, 0.717) is 6.07 Å². The van der Waals surface area contributed by atoms with E-state index in [2.05, 4.69) is 0 Å². The maximum Gasteiger partial charge on any atom is 0.416 e. The molecule has 0 aliphatic carbocycles. The number of benzene rings is 2. The van der Waals surface area contributed by atoms with Gasteiger partial charge in [-0.15, -0.1) is 11.6 Å². The van der Waals surface area contributed by atoms with Crippen molar-refractivity contribution in [1.29, 1.82) is 0 Å². The SMILES string of the molecule is Fc1ccc(C2(CCl)OC2c2ccccc2C(F)(F)F)c(F)c1. The molecule has 0 amide bonds. The highest BCUT2D eigenvalue weighted by molar-refractivity contribution is 6.18. The molecule has 0 spiro atoms. The zero-order valence-corrected chi connectivity index (χ0v) is 12.3. The van der Waals surface area contributed by atoms with Gasteiger partial charge in [-0.05, 0) is 17.7 Å². The zero-order valence-electron chi connectivity index (χ0n) is 11.5. The Balaban J connectivity index is 2.05. The van der Waals surface area contributed by atoms with Crippen molar-refractivity contribution < 1.29 is 26.7 Å². The first-order chi connectivity index (χ1) is 10.8. The van der Waals surface area contributed by atoms with Crippen molar-refractivity contribution in [2.45, 2.75) is 17.9 Å². The third-order valence-corrected chi connectivity index (χ3v) is 4.23. The van der Waals surface area contributed by atoms with Crippen LogP contribution in [0.5, 0.6) is 0 Å². The van der Waals surface area contributed by atoms with Gasteiger partial charge in [0.05, 0.1) is 11.4 Å². The lowest BCUT2D eigenvalue weighted by Crippen LogP contribution is -2.16. The Morgan fingerprint density at radius 1 is 1.09 bits per heavy atom. The van der Waals surface area contributed by atoms with Crippen molar-refractivity contribution >= 4 is 11.6 Å². The molecule has 2 unspecified atom stereocenters. The van der Waals surface area contributed by atoms with Crippen LogP contribution in [0.25, 0.3) is 0 Å². The normalized spacial score (nSPS) is 23.8. The van der Waals surface area contributed by atoms with Crippen LogP contribution in [0.3, 0.4) is 0 Å². The number of epoxide rings is 1. The molecule has 1 heterocycles. The Kier molecular flexibility index (Phi) is 3.84.